The van der Waals surface area contributed by atoms with E-state index in [0.717, 1.165) is 0 Å². The molecule has 146 valence electrons. The molecule has 0 spiro atoms. The smallest absolute Gasteiger partial charge is 0.330 e. The molecule has 1 fully saturated rings. The minimum absolute atomic E-state index is 0.148. The van der Waals surface area contributed by atoms with Crippen LogP contribution in [0.3, 0.4) is 0 Å². The first-order valence-electron chi connectivity index (χ1n) is 8.46. The number of allylic oxidation sites excluding steroid dienone is 2. The molecule has 0 bridgehead atoms. The van der Waals surface area contributed by atoms with Crippen LogP contribution in [0.1, 0.15) is 32.1 Å². The van der Waals surface area contributed by atoms with Gasteiger partial charge in [0, 0.05) is 30.3 Å². The molecule has 1 N–H and O–H groups in total. The second-order valence-corrected chi connectivity index (χ2v) is 5.95. The van der Waals surface area contributed by atoms with Crippen molar-refractivity contribution in [2.24, 2.45) is 0 Å². The third-order valence-corrected chi connectivity index (χ3v) is 3.90. The third kappa shape index (κ3) is 5.27. The maximum atomic E-state index is 12.1. The second kappa shape index (κ2) is 9.13. The zero-order chi connectivity index (χ0) is 20.0. The van der Waals surface area contributed by atoms with Crippen LogP contribution in [0, 0.1) is 6.92 Å². The fourth-order valence-electron chi connectivity index (χ4n) is 2.62. The number of aromatic nitrogens is 2. The molecule has 1 aliphatic rings. The van der Waals surface area contributed by atoms with E-state index in [1.807, 2.05) is 0 Å². The van der Waals surface area contributed by atoms with Crippen molar-refractivity contribution in [1.82, 2.24) is 9.55 Å². The van der Waals surface area contributed by atoms with Gasteiger partial charge in [-0.1, -0.05) is 12.2 Å². The molecule has 2 rings (SSSR count). The Morgan fingerprint density at radius 3 is 2.59 bits per heavy atom. The minimum atomic E-state index is -0.776. The second-order valence-electron chi connectivity index (χ2n) is 5.95. The molecule has 0 aromatic carbocycles. The molecule has 1 aromatic rings. The van der Waals surface area contributed by atoms with E-state index >= 15 is 0 Å². The monoisotopic (exact) mass is 378 g/mol. The Morgan fingerprint density at radius 2 is 1.93 bits per heavy atom. The summed E-state index contributed by atoms with van der Waals surface area (Å²) < 4.78 is 17.4. The molecule has 0 unspecified atom stereocenters. The van der Waals surface area contributed by atoms with Gasteiger partial charge >= 0.3 is 17.6 Å². The highest BCUT2D eigenvalue weighted by atomic mass is 16.6. The first-order valence-corrected chi connectivity index (χ1v) is 8.46. The summed E-state index contributed by atoms with van der Waals surface area (Å²) in [5.41, 5.74) is -0.786. The number of hydrogen-bond acceptors (Lipinski definition) is 7. The van der Waals surface area contributed by atoms with Crippen molar-refractivity contribution in [1.29, 1.82) is 0 Å². The standard InChI is InChI=1S/C18H22N2O7/c1-4-6-15(21)25-10-13-12(27-16(22)7-5-2)8-14(26-13)20-9-11(3)17(23)19-18(20)24/h4-7,9,12-14H,8,10H2,1-3H3,(H,19,23,24)/b6-4+,7-5+/t12-,13+,14+/m0/s1. The van der Waals surface area contributed by atoms with E-state index in [9.17, 15) is 19.2 Å². The van der Waals surface area contributed by atoms with E-state index in [0.29, 0.717) is 5.56 Å². The van der Waals surface area contributed by atoms with Gasteiger partial charge in [-0.15, -0.1) is 0 Å². The Kier molecular flexibility index (Phi) is 6.89. The Hall–Kier alpha value is -2.94. The number of rotatable bonds is 6. The molecule has 2 heterocycles. The summed E-state index contributed by atoms with van der Waals surface area (Å²) >= 11 is 0. The topological polar surface area (TPSA) is 117 Å². The van der Waals surface area contributed by atoms with E-state index in [4.69, 9.17) is 14.2 Å². The largest absolute Gasteiger partial charge is 0.460 e. The number of ether oxygens (including phenoxy) is 3. The Balaban J connectivity index is 2.21. The number of aryl methyl sites for hydroxylation is 1. The van der Waals surface area contributed by atoms with Crippen LogP contribution in [0.25, 0.3) is 0 Å². The molecule has 0 radical (unpaired) electrons. The average Bonchev–Trinajstić information content (AvgIpc) is 2.99. The molecule has 1 aliphatic heterocycles. The molecule has 0 saturated carbocycles. The number of esters is 2. The van der Waals surface area contributed by atoms with Crippen molar-refractivity contribution in [3.63, 3.8) is 0 Å². The van der Waals surface area contributed by atoms with Crippen molar-refractivity contribution >= 4 is 11.9 Å². The summed E-state index contributed by atoms with van der Waals surface area (Å²) in [5, 5.41) is 0. The summed E-state index contributed by atoms with van der Waals surface area (Å²) in [4.78, 5) is 49.2. The van der Waals surface area contributed by atoms with Crippen LogP contribution in [-0.4, -0.2) is 40.3 Å². The van der Waals surface area contributed by atoms with Gasteiger partial charge in [-0.25, -0.2) is 14.4 Å². The van der Waals surface area contributed by atoms with Crippen LogP contribution in [0.15, 0.2) is 40.1 Å². The van der Waals surface area contributed by atoms with Gasteiger partial charge in [0.15, 0.2) is 0 Å². The normalized spacial score (nSPS) is 22.4. The molecule has 0 amide bonds. The van der Waals surface area contributed by atoms with E-state index in [1.165, 1.54) is 35.1 Å². The molecule has 1 aromatic heterocycles. The van der Waals surface area contributed by atoms with E-state index in [1.54, 1.807) is 20.8 Å². The van der Waals surface area contributed by atoms with Crippen LogP contribution in [-0.2, 0) is 23.8 Å². The molecule has 1 saturated heterocycles. The summed E-state index contributed by atoms with van der Waals surface area (Å²) in [6, 6.07) is 0. The first kappa shape index (κ1) is 20.4. The number of nitrogens with zero attached hydrogens (tertiary/aromatic N) is 1. The fraction of sp³-hybridized carbons (Fsp3) is 0.444. The highest BCUT2D eigenvalue weighted by Gasteiger charge is 2.40. The lowest BCUT2D eigenvalue weighted by molar-refractivity contribution is -0.152. The lowest BCUT2D eigenvalue weighted by Crippen LogP contribution is -2.33. The van der Waals surface area contributed by atoms with Gasteiger partial charge < -0.3 is 14.2 Å². The molecule has 9 nitrogen and oxygen atoms in total. The molecule has 27 heavy (non-hydrogen) atoms. The number of H-pyrrole nitrogens is 1. The van der Waals surface area contributed by atoms with E-state index < -0.39 is 41.6 Å². The van der Waals surface area contributed by atoms with Crippen LogP contribution in [0.4, 0.5) is 0 Å². The van der Waals surface area contributed by atoms with Crippen molar-refractivity contribution in [2.75, 3.05) is 6.61 Å². The number of carbonyl (C=O) groups is 2. The van der Waals surface area contributed by atoms with Gasteiger partial charge in [-0.05, 0) is 20.8 Å². The number of nitrogens with one attached hydrogen (secondary N) is 1. The van der Waals surface area contributed by atoms with Gasteiger partial charge in [0.05, 0.1) is 0 Å². The highest BCUT2D eigenvalue weighted by Crippen LogP contribution is 2.30. The van der Waals surface area contributed by atoms with Crippen molar-refractivity contribution < 1.29 is 23.8 Å². The van der Waals surface area contributed by atoms with Gasteiger partial charge in [-0.3, -0.25) is 14.3 Å². The minimum Gasteiger partial charge on any atom is -0.460 e. The van der Waals surface area contributed by atoms with Gasteiger partial charge in [0.1, 0.15) is 25.0 Å². The zero-order valence-electron chi connectivity index (χ0n) is 15.3. The lowest BCUT2D eigenvalue weighted by atomic mass is 10.2. The summed E-state index contributed by atoms with van der Waals surface area (Å²) in [6.07, 6.45) is 4.87. The third-order valence-electron chi connectivity index (χ3n) is 3.90. The average molecular weight is 378 g/mol. The molecular formula is C18H22N2O7. The Bertz CT molecular complexity index is 865. The van der Waals surface area contributed by atoms with Gasteiger partial charge in [-0.2, -0.15) is 0 Å². The first-order chi connectivity index (χ1) is 12.8. The predicted molar refractivity (Wildman–Crippen MR) is 95.1 cm³/mol. The predicted octanol–water partition coefficient (Wildman–Crippen LogP) is 0.740. The maximum Gasteiger partial charge on any atom is 0.330 e. The van der Waals surface area contributed by atoms with Crippen LogP contribution in [0.5, 0.6) is 0 Å². The highest BCUT2D eigenvalue weighted by molar-refractivity contribution is 5.82. The zero-order valence-corrected chi connectivity index (χ0v) is 15.3. The molecule has 3 atom stereocenters. The molecule has 0 aliphatic carbocycles. The molecule has 9 heteroatoms. The summed E-state index contributed by atoms with van der Waals surface area (Å²) in [7, 11) is 0. The van der Waals surface area contributed by atoms with Crippen molar-refractivity contribution in [3.8, 4) is 0 Å². The van der Waals surface area contributed by atoms with Crippen LogP contribution in [0.2, 0.25) is 0 Å². The Labute approximate surface area is 155 Å². The maximum absolute atomic E-state index is 12.1. The SMILES string of the molecule is C/C=C/C(=O)OC[C@H]1O[C@@H](n2cc(C)c(=O)[nH]c2=O)C[C@@H]1OC(=O)/C=C/C. The van der Waals surface area contributed by atoms with E-state index in [-0.39, 0.29) is 13.0 Å². The van der Waals surface area contributed by atoms with Crippen LogP contribution < -0.4 is 11.2 Å². The van der Waals surface area contributed by atoms with Gasteiger partial charge in [0.25, 0.3) is 5.56 Å². The number of aromatic amines is 1. The van der Waals surface area contributed by atoms with Crippen molar-refractivity contribution in [3.05, 3.63) is 56.9 Å². The summed E-state index contributed by atoms with van der Waals surface area (Å²) in [5.74, 6) is -1.12. The summed E-state index contributed by atoms with van der Waals surface area (Å²) in [6.45, 7) is 4.76. The number of hydrogen-bond donors (Lipinski definition) is 1. The van der Waals surface area contributed by atoms with Crippen LogP contribution >= 0.6 is 0 Å². The van der Waals surface area contributed by atoms with Crippen molar-refractivity contribution in [2.45, 2.75) is 45.6 Å². The number of carbonyl (C=O) groups excluding carboxylic acids is 2. The lowest BCUT2D eigenvalue weighted by Gasteiger charge is -2.18. The molecular weight excluding hydrogens is 356 g/mol. The Morgan fingerprint density at radius 1 is 1.26 bits per heavy atom. The van der Waals surface area contributed by atoms with Gasteiger partial charge in [0.2, 0.25) is 0 Å². The van der Waals surface area contributed by atoms with E-state index in [2.05, 4.69) is 4.98 Å². The fourth-order valence-corrected chi connectivity index (χ4v) is 2.62. The quantitative estimate of drug-likeness (QED) is 0.573.